The SMILES string of the molecule is CCSC[C@H](CC1CCCCC1)NCc1cc(-c2ccccc2C)c(C(=O)N[C@@H](CCSC)C(=O)OC)cc1N(C)C. The Balaban J connectivity index is 1.98. The molecule has 8 heteroatoms. The van der Waals surface area contributed by atoms with Gasteiger partial charge in [0.25, 0.3) is 5.91 Å². The number of amides is 1. The second kappa shape index (κ2) is 17.8. The van der Waals surface area contributed by atoms with E-state index in [-0.39, 0.29) is 5.91 Å². The number of thioether (sulfide) groups is 2. The van der Waals surface area contributed by atoms with E-state index in [1.807, 2.05) is 50.3 Å². The predicted molar refractivity (Wildman–Crippen MR) is 182 cm³/mol. The number of benzene rings is 2. The van der Waals surface area contributed by atoms with Crippen LogP contribution in [0.3, 0.4) is 0 Å². The third-order valence-electron chi connectivity index (χ3n) is 8.23. The molecule has 2 aromatic carbocycles. The van der Waals surface area contributed by atoms with E-state index in [1.54, 1.807) is 11.8 Å². The van der Waals surface area contributed by atoms with Gasteiger partial charge in [0.15, 0.2) is 0 Å². The summed E-state index contributed by atoms with van der Waals surface area (Å²) in [4.78, 5) is 28.5. The highest BCUT2D eigenvalue weighted by atomic mass is 32.2. The van der Waals surface area contributed by atoms with Gasteiger partial charge in [0.2, 0.25) is 0 Å². The molecule has 0 aromatic heterocycles. The lowest BCUT2D eigenvalue weighted by atomic mass is 9.85. The molecule has 0 radical (unpaired) electrons. The zero-order valence-electron chi connectivity index (χ0n) is 26.5. The number of rotatable bonds is 16. The number of nitrogens with zero attached hydrogens (tertiary/aromatic N) is 1. The maximum Gasteiger partial charge on any atom is 0.328 e. The third-order valence-corrected chi connectivity index (χ3v) is 9.92. The van der Waals surface area contributed by atoms with E-state index in [1.165, 1.54) is 45.6 Å². The minimum atomic E-state index is -0.694. The normalized spacial score (nSPS) is 15.2. The fourth-order valence-electron chi connectivity index (χ4n) is 5.89. The first-order valence-electron chi connectivity index (χ1n) is 15.4. The molecule has 1 aliphatic carbocycles. The van der Waals surface area contributed by atoms with E-state index < -0.39 is 12.0 Å². The van der Waals surface area contributed by atoms with Crippen molar-refractivity contribution in [1.82, 2.24) is 10.6 Å². The Bertz CT molecular complexity index is 1150. The largest absolute Gasteiger partial charge is 0.467 e. The zero-order chi connectivity index (χ0) is 30.5. The summed E-state index contributed by atoms with van der Waals surface area (Å²) in [5, 5.41) is 6.91. The zero-order valence-corrected chi connectivity index (χ0v) is 28.1. The second-order valence-corrected chi connectivity index (χ2v) is 13.8. The molecule has 1 amide bonds. The first-order valence-corrected chi connectivity index (χ1v) is 17.9. The summed E-state index contributed by atoms with van der Waals surface area (Å²) in [5.74, 6) is 3.11. The van der Waals surface area contributed by atoms with E-state index in [2.05, 4.69) is 47.6 Å². The molecule has 2 atom stereocenters. The summed E-state index contributed by atoms with van der Waals surface area (Å²) in [5.41, 5.74) is 5.74. The Morgan fingerprint density at radius 1 is 1.10 bits per heavy atom. The van der Waals surface area contributed by atoms with Gasteiger partial charge in [-0.15, -0.1) is 0 Å². The number of esters is 1. The van der Waals surface area contributed by atoms with Gasteiger partial charge in [0.05, 0.1) is 7.11 Å². The lowest BCUT2D eigenvalue weighted by Crippen LogP contribution is -2.42. The van der Waals surface area contributed by atoms with Gasteiger partial charge in [-0.1, -0.05) is 63.3 Å². The molecule has 1 aliphatic rings. The maximum atomic E-state index is 13.9. The van der Waals surface area contributed by atoms with Crippen molar-refractivity contribution in [3.63, 3.8) is 0 Å². The Kier molecular flexibility index (Phi) is 14.6. The highest BCUT2D eigenvalue weighted by Gasteiger charge is 2.26. The minimum absolute atomic E-state index is 0.262. The van der Waals surface area contributed by atoms with Crippen LogP contribution in [-0.4, -0.2) is 68.7 Å². The molecule has 2 aromatic rings. The lowest BCUT2D eigenvalue weighted by Gasteiger charge is -2.28. The number of carbonyl (C=O) groups is 2. The smallest absolute Gasteiger partial charge is 0.328 e. The molecule has 1 saturated carbocycles. The van der Waals surface area contributed by atoms with Crippen molar-refractivity contribution >= 4 is 41.1 Å². The summed E-state index contributed by atoms with van der Waals surface area (Å²) in [7, 11) is 5.41. The number of methoxy groups -OCH3 is 1. The highest BCUT2D eigenvalue weighted by Crippen LogP contribution is 2.34. The van der Waals surface area contributed by atoms with E-state index in [0.29, 0.717) is 18.0 Å². The fourth-order valence-corrected chi connectivity index (χ4v) is 7.14. The Labute approximate surface area is 262 Å². The molecule has 0 unspecified atom stereocenters. The topological polar surface area (TPSA) is 70.7 Å². The summed E-state index contributed by atoms with van der Waals surface area (Å²) < 4.78 is 5.02. The first-order chi connectivity index (χ1) is 20.3. The Morgan fingerprint density at radius 3 is 2.48 bits per heavy atom. The molecule has 1 fully saturated rings. The summed E-state index contributed by atoms with van der Waals surface area (Å²) in [6.45, 7) is 5.04. The molecule has 0 aliphatic heterocycles. The van der Waals surface area contributed by atoms with Crippen LogP contribution in [0.5, 0.6) is 0 Å². The molecular weight excluding hydrogens is 563 g/mol. The van der Waals surface area contributed by atoms with E-state index >= 15 is 0 Å². The van der Waals surface area contributed by atoms with Crippen LogP contribution >= 0.6 is 23.5 Å². The van der Waals surface area contributed by atoms with Crippen molar-refractivity contribution < 1.29 is 14.3 Å². The van der Waals surface area contributed by atoms with Crippen molar-refractivity contribution in [3.8, 4) is 11.1 Å². The maximum absolute atomic E-state index is 13.9. The van der Waals surface area contributed by atoms with Crippen LogP contribution in [0.2, 0.25) is 0 Å². The van der Waals surface area contributed by atoms with Gasteiger partial charge < -0.3 is 20.3 Å². The van der Waals surface area contributed by atoms with Crippen molar-refractivity contribution in [3.05, 3.63) is 53.1 Å². The van der Waals surface area contributed by atoms with Crippen molar-refractivity contribution in [2.45, 2.75) is 77.4 Å². The monoisotopic (exact) mass is 613 g/mol. The number of aryl methyl sites for hydroxylation is 1. The van der Waals surface area contributed by atoms with Crippen molar-refractivity contribution in [2.75, 3.05) is 49.6 Å². The van der Waals surface area contributed by atoms with Crippen LogP contribution in [0.25, 0.3) is 11.1 Å². The molecule has 0 bridgehead atoms. The molecular formula is C34H51N3O3S2. The van der Waals surface area contributed by atoms with Crippen LogP contribution < -0.4 is 15.5 Å². The van der Waals surface area contributed by atoms with Gasteiger partial charge in [-0.2, -0.15) is 23.5 Å². The van der Waals surface area contributed by atoms with Crippen LogP contribution in [-0.2, 0) is 16.1 Å². The van der Waals surface area contributed by atoms with Gasteiger partial charge in [-0.3, -0.25) is 4.79 Å². The van der Waals surface area contributed by atoms with Gasteiger partial charge >= 0.3 is 5.97 Å². The highest BCUT2D eigenvalue weighted by molar-refractivity contribution is 7.99. The van der Waals surface area contributed by atoms with Crippen LogP contribution in [0.15, 0.2) is 36.4 Å². The van der Waals surface area contributed by atoms with Crippen molar-refractivity contribution in [2.24, 2.45) is 5.92 Å². The fraction of sp³-hybridized carbons (Fsp3) is 0.588. The van der Waals surface area contributed by atoms with E-state index in [0.717, 1.165) is 57.7 Å². The number of nitrogens with one attached hydrogen (secondary N) is 2. The molecule has 6 nitrogen and oxygen atoms in total. The average molecular weight is 614 g/mol. The summed E-state index contributed by atoms with van der Waals surface area (Å²) in [6.07, 6.45) is 10.5. The number of hydrogen-bond acceptors (Lipinski definition) is 7. The standard InChI is InChI=1S/C34H51N3O3S2/c1-7-42-23-27(19-25-14-9-8-10-15-25)35-22-26-20-29(28-16-12-11-13-24(28)2)30(21-32(26)37(3)4)33(38)36-31(17-18-41-6)34(39)40-5/h11-13,16,20-21,25,27,31,35H,7-10,14-15,17-19,22-23H2,1-6H3,(H,36,38)/t27-,31-/m0/s1. The van der Waals surface area contributed by atoms with E-state index in [4.69, 9.17) is 4.74 Å². The number of hydrogen-bond donors (Lipinski definition) is 2. The Hall–Kier alpha value is -2.16. The predicted octanol–water partition coefficient (Wildman–Crippen LogP) is 6.93. The summed E-state index contributed by atoms with van der Waals surface area (Å²) >= 11 is 3.65. The van der Waals surface area contributed by atoms with E-state index in [9.17, 15) is 9.59 Å². The molecule has 3 rings (SSSR count). The van der Waals surface area contributed by atoms with Gasteiger partial charge in [-0.25, -0.2) is 4.79 Å². The van der Waals surface area contributed by atoms with Gasteiger partial charge in [0.1, 0.15) is 6.04 Å². The van der Waals surface area contributed by atoms with Gasteiger partial charge in [-0.05, 0) is 77.8 Å². The van der Waals surface area contributed by atoms with Crippen molar-refractivity contribution in [1.29, 1.82) is 0 Å². The van der Waals surface area contributed by atoms with Crippen LogP contribution in [0, 0.1) is 12.8 Å². The van der Waals surface area contributed by atoms with Crippen LogP contribution in [0.4, 0.5) is 5.69 Å². The molecule has 42 heavy (non-hydrogen) atoms. The summed E-state index contributed by atoms with van der Waals surface area (Å²) in [6, 6.07) is 12.1. The minimum Gasteiger partial charge on any atom is -0.467 e. The molecule has 0 saturated heterocycles. The average Bonchev–Trinajstić information content (AvgIpc) is 3.00. The molecule has 232 valence electrons. The number of ether oxygens (including phenoxy) is 1. The Morgan fingerprint density at radius 2 is 1.83 bits per heavy atom. The first kappa shape index (κ1) is 34.3. The number of anilines is 1. The molecule has 2 N–H and O–H groups in total. The van der Waals surface area contributed by atoms with Gasteiger partial charge in [0, 0.05) is 43.7 Å². The number of carbonyl (C=O) groups excluding carboxylic acids is 2. The quantitative estimate of drug-likeness (QED) is 0.199. The molecule has 0 spiro atoms. The van der Waals surface area contributed by atoms with Crippen LogP contribution in [0.1, 0.15) is 73.4 Å². The lowest BCUT2D eigenvalue weighted by molar-refractivity contribution is -0.142. The second-order valence-electron chi connectivity index (χ2n) is 11.5. The third kappa shape index (κ3) is 9.95. The molecule has 0 heterocycles.